The maximum Gasteiger partial charge on any atom is 0.268 e. The molecule has 0 bridgehead atoms. The molecule has 2 unspecified atom stereocenters. The van der Waals surface area contributed by atoms with E-state index in [1.807, 2.05) is 0 Å². The van der Waals surface area contributed by atoms with Gasteiger partial charge in [0.05, 0.1) is 18.9 Å². The number of H-pyrrole nitrogens is 1. The third-order valence-electron chi connectivity index (χ3n) is 14.0. The van der Waals surface area contributed by atoms with Crippen molar-refractivity contribution in [2.75, 3.05) is 72.5 Å². The van der Waals surface area contributed by atoms with E-state index in [2.05, 4.69) is 68.1 Å². The van der Waals surface area contributed by atoms with Crippen LogP contribution in [0.4, 0.5) is 0 Å². The molecule has 10 amide bonds. The van der Waals surface area contributed by atoms with Gasteiger partial charge >= 0.3 is 0 Å². The third-order valence-corrected chi connectivity index (χ3v) is 14.0. The Labute approximate surface area is 503 Å². The third kappa shape index (κ3) is 28.7. The molecule has 0 radical (unpaired) electrons. The maximum absolute atomic E-state index is 14.5. The number of aliphatic imine (C=N–C) groups is 1. The molecule has 1 aromatic heterocycles. The summed E-state index contributed by atoms with van der Waals surface area (Å²) in [6, 6.07) is -8.79. The number of likely N-dealkylation sites (N-methyl/N-ethyl adjacent to an activating group) is 1. The standard InChI is InChI=1S/C54H100N22O10/c1-34(69-48(81)40(20-26-60)74-47(80)36(63-2)14-3-6-21-55)45(78)67-32-44(77)70-41(17-11-25-59)53(86)76-29-13-19-43(76)52(85)75-42(30-35-31-64-33-68-35)51(84)73-38(16-5-8-23-57)49(82)72-39(18-12-28-66-54(61)62)50(83)71-37(15-4-7-22-56)46(79)65-27-10-9-24-58/h18,31,33-34,36-38,40-43,63H,3-17,19-30,32,55-60H2,1-2H3,(H,64,68)(H,65,79)(H,67,78)(H,69,81)(H,70,77)(H,71,83)(H,72,82)(H,73,84)(H,74,80)(H,75,85)(H4,61,62,66)/b39-18-/t34?,36?,37-,38-,40+,41+,42-,43-/m0/s1. The van der Waals surface area contributed by atoms with Crippen LogP contribution in [0.3, 0.4) is 0 Å². The second-order valence-corrected chi connectivity index (χ2v) is 20.9. The van der Waals surface area contributed by atoms with Gasteiger partial charge < -0.3 is 109 Å². The molecule has 8 atom stereocenters. The molecule has 32 heteroatoms. The lowest BCUT2D eigenvalue weighted by molar-refractivity contribution is -0.142. The van der Waals surface area contributed by atoms with Crippen LogP contribution in [-0.4, -0.2) is 201 Å². The fourth-order valence-corrected chi connectivity index (χ4v) is 9.19. The monoisotopic (exact) mass is 1220 g/mol. The summed E-state index contributed by atoms with van der Waals surface area (Å²) in [5, 5.41) is 26.9. The number of imidazole rings is 1. The van der Waals surface area contributed by atoms with Gasteiger partial charge in [-0.1, -0.05) is 12.5 Å². The second kappa shape index (κ2) is 43.3. The smallest absolute Gasteiger partial charge is 0.268 e. The Morgan fingerprint density at radius 1 is 0.628 bits per heavy atom. The van der Waals surface area contributed by atoms with Gasteiger partial charge in [0.1, 0.15) is 48.0 Å². The summed E-state index contributed by atoms with van der Waals surface area (Å²) in [6.07, 6.45) is 10.5. The van der Waals surface area contributed by atoms with E-state index >= 15 is 0 Å². The van der Waals surface area contributed by atoms with E-state index in [1.165, 1.54) is 30.4 Å². The van der Waals surface area contributed by atoms with E-state index in [-0.39, 0.29) is 95.7 Å². The van der Waals surface area contributed by atoms with Crippen LogP contribution in [0.2, 0.25) is 0 Å². The van der Waals surface area contributed by atoms with Crippen LogP contribution < -0.4 is 99.0 Å². The Morgan fingerprint density at radius 3 is 1.78 bits per heavy atom. The highest BCUT2D eigenvalue weighted by atomic mass is 16.2. The highest BCUT2D eigenvalue weighted by molar-refractivity contribution is 6.02. The lowest BCUT2D eigenvalue weighted by Crippen LogP contribution is -2.59. The number of likely N-dealkylation sites (tertiary alicyclic amines) is 1. The summed E-state index contributed by atoms with van der Waals surface area (Å²) in [4.78, 5) is 150. The van der Waals surface area contributed by atoms with Gasteiger partial charge in [-0.05, 0) is 156 Å². The first-order valence-electron chi connectivity index (χ1n) is 29.9. The van der Waals surface area contributed by atoms with Crippen LogP contribution in [0.15, 0.2) is 29.3 Å². The first kappa shape index (κ1) is 74.7. The molecule has 2 rings (SSSR count). The molecule has 0 spiro atoms. The van der Waals surface area contributed by atoms with Gasteiger partial charge in [0.15, 0.2) is 5.96 Å². The van der Waals surface area contributed by atoms with Gasteiger partial charge in [-0.25, -0.2) is 4.98 Å². The summed E-state index contributed by atoms with van der Waals surface area (Å²) in [5.41, 5.74) is 45.5. The summed E-state index contributed by atoms with van der Waals surface area (Å²) in [7, 11) is 1.62. The second-order valence-electron chi connectivity index (χ2n) is 20.9. The van der Waals surface area contributed by atoms with Gasteiger partial charge in [0.25, 0.3) is 5.91 Å². The van der Waals surface area contributed by atoms with E-state index in [1.54, 1.807) is 7.05 Å². The number of rotatable bonds is 45. The summed E-state index contributed by atoms with van der Waals surface area (Å²) in [6.45, 7) is 3.00. The fraction of sp³-hybridized carbons (Fsp3) is 0.704. The number of nitrogens with zero attached hydrogens (tertiary/aromatic N) is 3. The zero-order chi connectivity index (χ0) is 63.8. The number of unbranched alkanes of at least 4 members (excludes halogenated alkanes) is 4. The van der Waals surface area contributed by atoms with Crippen molar-refractivity contribution in [2.45, 2.75) is 171 Å². The summed E-state index contributed by atoms with van der Waals surface area (Å²) in [5.74, 6) is -6.98. The van der Waals surface area contributed by atoms with Crippen molar-refractivity contribution in [3.63, 3.8) is 0 Å². The fourth-order valence-electron chi connectivity index (χ4n) is 9.19. The number of guanidine groups is 1. The lowest BCUT2D eigenvalue weighted by Gasteiger charge is -2.30. The number of aromatic amines is 1. The van der Waals surface area contributed by atoms with E-state index in [4.69, 9.17) is 45.9 Å². The van der Waals surface area contributed by atoms with Crippen LogP contribution >= 0.6 is 0 Å². The molecule has 1 aromatic rings. The van der Waals surface area contributed by atoms with Gasteiger partial charge in [-0.3, -0.25) is 52.9 Å². The minimum Gasteiger partial charge on any atom is -0.370 e. The lowest BCUT2D eigenvalue weighted by atomic mass is 10.0. The predicted molar refractivity (Wildman–Crippen MR) is 324 cm³/mol. The average molecular weight is 1220 g/mol. The normalized spacial score (nSPS) is 15.5. The predicted octanol–water partition coefficient (Wildman–Crippen LogP) is -6.43. The minimum absolute atomic E-state index is 0.0373. The number of hydrogen-bond donors (Lipinski definition) is 19. The number of hydrogen-bond acceptors (Lipinski definition) is 19. The molecule has 1 saturated heterocycles. The largest absolute Gasteiger partial charge is 0.370 e. The Morgan fingerprint density at radius 2 is 1.20 bits per heavy atom. The molecule has 1 fully saturated rings. The van der Waals surface area contributed by atoms with Crippen molar-refractivity contribution in [3.05, 3.63) is 30.0 Å². The van der Waals surface area contributed by atoms with Gasteiger partial charge in [-0.15, -0.1) is 0 Å². The molecule has 32 nitrogen and oxygen atoms in total. The highest BCUT2D eigenvalue weighted by Gasteiger charge is 2.40. The minimum atomic E-state index is -1.36. The van der Waals surface area contributed by atoms with Crippen molar-refractivity contribution < 1.29 is 47.9 Å². The Balaban J connectivity index is 2.32. The van der Waals surface area contributed by atoms with Crippen molar-refractivity contribution in [2.24, 2.45) is 50.9 Å². The zero-order valence-corrected chi connectivity index (χ0v) is 50.2. The molecule has 0 aliphatic carbocycles. The molecule has 0 saturated carbocycles. The Hall–Kier alpha value is -7.36. The van der Waals surface area contributed by atoms with Gasteiger partial charge in [0, 0.05) is 37.9 Å². The topological polar surface area (TPSA) is 543 Å². The number of nitrogens with two attached hydrogens (primary N) is 8. The molecule has 2 heterocycles. The van der Waals surface area contributed by atoms with E-state index in [0.29, 0.717) is 96.1 Å². The number of carbonyl (C=O) groups excluding carboxylic acids is 10. The summed E-state index contributed by atoms with van der Waals surface area (Å²) < 4.78 is 0. The molecular weight excluding hydrogens is 1120 g/mol. The molecule has 1 aliphatic rings. The first-order valence-corrected chi connectivity index (χ1v) is 29.9. The zero-order valence-electron chi connectivity index (χ0n) is 50.2. The van der Waals surface area contributed by atoms with E-state index in [9.17, 15) is 47.9 Å². The van der Waals surface area contributed by atoms with E-state index < -0.39 is 114 Å². The molecule has 86 heavy (non-hydrogen) atoms. The first-order chi connectivity index (χ1) is 41.3. The Kier molecular flexibility index (Phi) is 37.6. The number of amides is 10. The van der Waals surface area contributed by atoms with Crippen molar-refractivity contribution in [1.29, 1.82) is 0 Å². The molecular formula is C54H100N22O10. The number of carbonyl (C=O) groups is 10. The Bertz CT molecular complexity index is 2320. The maximum atomic E-state index is 14.5. The van der Waals surface area contributed by atoms with Crippen LogP contribution in [0.25, 0.3) is 0 Å². The SMILES string of the molecule is CNC(CCCCN)C(=O)N[C@H](CCN)C(=O)NC(C)C(=O)NCC(=O)N[C@H](CCCN)C(=O)N1CCC[C@H]1C(=O)N[C@@H](Cc1cnc[nH]1)C(=O)N[C@@H](CCCCN)C(=O)N/C(=C\CCN=C(N)N)C(=O)N[C@@H](CCCCN)C(=O)NCCCCN. The number of nitrogens with one attached hydrogen (secondary N) is 11. The van der Waals surface area contributed by atoms with Crippen molar-refractivity contribution >= 4 is 65.0 Å². The quantitative estimate of drug-likeness (QED) is 0.0125. The number of aromatic nitrogens is 2. The highest BCUT2D eigenvalue weighted by Crippen LogP contribution is 2.21. The van der Waals surface area contributed by atoms with Crippen molar-refractivity contribution in [3.8, 4) is 0 Å². The average Bonchev–Trinajstić information content (AvgIpc) is 4.22. The molecule has 0 aromatic carbocycles. The van der Waals surface area contributed by atoms with Crippen molar-refractivity contribution in [1.82, 2.24) is 68.0 Å². The van der Waals surface area contributed by atoms with Gasteiger partial charge in [0.2, 0.25) is 53.2 Å². The van der Waals surface area contributed by atoms with Crippen LogP contribution in [0.5, 0.6) is 0 Å². The van der Waals surface area contributed by atoms with Gasteiger partial charge in [-0.2, -0.15) is 0 Å². The van der Waals surface area contributed by atoms with Crippen LogP contribution in [0.1, 0.15) is 122 Å². The molecule has 1 aliphatic heterocycles. The molecule has 27 N–H and O–H groups in total. The van der Waals surface area contributed by atoms with Crippen LogP contribution in [0, 0.1) is 0 Å². The molecule has 486 valence electrons. The van der Waals surface area contributed by atoms with Crippen LogP contribution in [-0.2, 0) is 54.4 Å². The summed E-state index contributed by atoms with van der Waals surface area (Å²) >= 11 is 0. The van der Waals surface area contributed by atoms with E-state index in [0.717, 1.165) is 0 Å².